The Morgan fingerprint density at radius 2 is 2.39 bits per heavy atom. The van der Waals surface area contributed by atoms with Crippen LogP contribution in [0.5, 0.6) is 0 Å². The van der Waals surface area contributed by atoms with Crippen molar-refractivity contribution < 1.29 is 4.92 Å². The van der Waals surface area contributed by atoms with E-state index in [-0.39, 0.29) is 10.4 Å². The number of aliphatic imine (C=N–C) groups is 1. The zero-order valence-corrected chi connectivity index (χ0v) is 14.7. The summed E-state index contributed by atoms with van der Waals surface area (Å²) in [6.07, 6.45) is 2.70. The third kappa shape index (κ3) is 5.12. The van der Waals surface area contributed by atoms with Gasteiger partial charge in [-0.2, -0.15) is 16.9 Å². The molecular weight excluding hydrogens is 316 g/mol. The van der Waals surface area contributed by atoms with Crippen LogP contribution >= 0.6 is 11.8 Å². The lowest BCUT2D eigenvalue weighted by molar-refractivity contribution is -0.385. The minimum absolute atomic E-state index is 0.00990. The largest absolute Gasteiger partial charge is 0.357 e. The second-order valence-electron chi connectivity index (χ2n) is 5.98. The maximum absolute atomic E-state index is 10.7. The Morgan fingerprint density at radius 1 is 1.61 bits per heavy atom. The zero-order valence-electron chi connectivity index (χ0n) is 13.9. The summed E-state index contributed by atoms with van der Waals surface area (Å²) in [7, 11) is 0. The van der Waals surface area contributed by atoms with Gasteiger partial charge < -0.3 is 10.2 Å². The van der Waals surface area contributed by atoms with E-state index < -0.39 is 4.92 Å². The van der Waals surface area contributed by atoms with Gasteiger partial charge in [-0.05, 0) is 20.8 Å². The highest BCUT2D eigenvalue weighted by molar-refractivity contribution is 8.00. The molecule has 0 unspecified atom stereocenters. The second-order valence-corrected chi connectivity index (χ2v) is 7.79. The van der Waals surface area contributed by atoms with Crippen LogP contribution in [0.2, 0.25) is 0 Å². The Bertz CT molecular complexity index is 571. The number of thioether (sulfide) groups is 1. The number of rotatable bonds is 5. The molecule has 23 heavy (non-hydrogen) atoms. The number of hydrogen-bond donors (Lipinski definition) is 1. The minimum atomic E-state index is -0.440. The van der Waals surface area contributed by atoms with E-state index in [0.29, 0.717) is 13.1 Å². The predicted octanol–water partition coefficient (Wildman–Crippen LogP) is 1.58. The van der Waals surface area contributed by atoms with Gasteiger partial charge in [-0.1, -0.05) is 0 Å². The highest BCUT2D eigenvalue weighted by Gasteiger charge is 2.28. The fourth-order valence-corrected chi connectivity index (χ4v) is 3.56. The summed E-state index contributed by atoms with van der Waals surface area (Å²) in [6, 6.07) is 0. The van der Waals surface area contributed by atoms with Crippen molar-refractivity contribution in [3.05, 3.63) is 22.5 Å². The Hall–Kier alpha value is -1.77. The van der Waals surface area contributed by atoms with Crippen LogP contribution < -0.4 is 5.32 Å². The summed E-state index contributed by atoms with van der Waals surface area (Å²) in [5, 5.41) is 18.0. The van der Waals surface area contributed by atoms with Crippen molar-refractivity contribution in [1.82, 2.24) is 20.0 Å². The molecule has 1 saturated heterocycles. The molecule has 1 aliphatic rings. The maximum Gasteiger partial charge on any atom is 0.306 e. The molecule has 0 amide bonds. The van der Waals surface area contributed by atoms with Gasteiger partial charge in [0, 0.05) is 30.1 Å². The molecule has 1 N–H and O–H groups in total. The van der Waals surface area contributed by atoms with Crippen LogP contribution in [0.4, 0.5) is 5.69 Å². The highest BCUT2D eigenvalue weighted by atomic mass is 32.2. The van der Waals surface area contributed by atoms with Gasteiger partial charge in [0.2, 0.25) is 0 Å². The SMILES string of the molecule is CCNC(=NCCn1cc([N+](=O)[O-])cn1)N1CCSC(C)(C)C1. The summed E-state index contributed by atoms with van der Waals surface area (Å²) in [5.41, 5.74) is 0.00990. The van der Waals surface area contributed by atoms with Gasteiger partial charge in [0.25, 0.3) is 0 Å². The van der Waals surface area contributed by atoms with E-state index in [4.69, 9.17) is 0 Å². The first-order valence-corrected chi connectivity index (χ1v) is 8.74. The van der Waals surface area contributed by atoms with Crippen LogP contribution in [-0.4, -0.2) is 62.2 Å². The molecule has 0 saturated carbocycles. The number of nitro groups is 1. The fourth-order valence-electron chi connectivity index (χ4n) is 2.45. The van der Waals surface area contributed by atoms with Gasteiger partial charge >= 0.3 is 5.69 Å². The van der Waals surface area contributed by atoms with E-state index >= 15 is 0 Å². The minimum Gasteiger partial charge on any atom is -0.357 e. The molecule has 0 bridgehead atoms. The third-order valence-electron chi connectivity index (χ3n) is 3.48. The predicted molar refractivity (Wildman–Crippen MR) is 93.0 cm³/mol. The standard InChI is InChI=1S/C14H24N6O2S/c1-4-15-13(18-7-8-23-14(2,3)11-18)16-5-6-19-10-12(9-17-19)20(21)22/h9-10H,4-8,11H2,1-3H3,(H,15,16). The van der Waals surface area contributed by atoms with Crippen LogP contribution in [0, 0.1) is 10.1 Å². The van der Waals surface area contributed by atoms with E-state index in [1.807, 2.05) is 11.8 Å². The number of aromatic nitrogens is 2. The Balaban J connectivity index is 1.96. The van der Waals surface area contributed by atoms with Gasteiger partial charge in [0.1, 0.15) is 12.4 Å². The first kappa shape index (κ1) is 17.6. The molecule has 0 atom stereocenters. The number of nitrogens with one attached hydrogen (secondary N) is 1. The van der Waals surface area contributed by atoms with E-state index in [2.05, 4.69) is 41.1 Å². The first-order valence-electron chi connectivity index (χ1n) is 7.75. The van der Waals surface area contributed by atoms with Gasteiger partial charge in [-0.15, -0.1) is 0 Å². The van der Waals surface area contributed by atoms with Gasteiger partial charge in [0.05, 0.1) is 18.0 Å². The molecule has 8 nitrogen and oxygen atoms in total. The molecule has 0 aliphatic carbocycles. The Labute approximate surface area is 140 Å². The van der Waals surface area contributed by atoms with Crippen molar-refractivity contribution >= 4 is 23.4 Å². The average Bonchev–Trinajstić information content (AvgIpc) is 2.94. The second kappa shape index (κ2) is 7.67. The molecular formula is C14H24N6O2S. The van der Waals surface area contributed by atoms with Crippen LogP contribution in [0.25, 0.3) is 0 Å². The molecule has 0 aromatic carbocycles. The highest BCUT2D eigenvalue weighted by Crippen LogP contribution is 2.29. The van der Waals surface area contributed by atoms with E-state index in [9.17, 15) is 10.1 Å². The van der Waals surface area contributed by atoms with Crippen LogP contribution in [-0.2, 0) is 6.54 Å². The zero-order chi connectivity index (χ0) is 16.9. The molecule has 128 valence electrons. The van der Waals surface area contributed by atoms with E-state index in [1.165, 1.54) is 12.4 Å². The number of guanidine groups is 1. The van der Waals surface area contributed by atoms with E-state index in [0.717, 1.165) is 31.3 Å². The number of nitrogens with zero attached hydrogens (tertiary/aromatic N) is 5. The lowest BCUT2D eigenvalue weighted by Gasteiger charge is -2.39. The summed E-state index contributed by atoms with van der Waals surface area (Å²) < 4.78 is 1.78. The normalized spacial score (nSPS) is 18.0. The molecule has 2 rings (SSSR count). The molecule has 0 spiro atoms. The van der Waals surface area contributed by atoms with Crippen molar-refractivity contribution in [3.63, 3.8) is 0 Å². The molecule has 1 aliphatic heterocycles. The van der Waals surface area contributed by atoms with Gasteiger partial charge in [0.15, 0.2) is 5.96 Å². The van der Waals surface area contributed by atoms with Crippen molar-refractivity contribution in [2.45, 2.75) is 32.1 Å². The van der Waals surface area contributed by atoms with Crippen LogP contribution in [0.1, 0.15) is 20.8 Å². The lowest BCUT2D eigenvalue weighted by Crippen LogP contribution is -2.51. The molecule has 1 aromatic heterocycles. The molecule has 9 heteroatoms. The summed E-state index contributed by atoms with van der Waals surface area (Å²) in [4.78, 5) is 17.1. The maximum atomic E-state index is 10.7. The van der Waals surface area contributed by atoms with Crippen molar-refractivity contribution in [1.29, 1.82) is 0 Å². The quantitative estimate of drug-likeness (QED) is 0.379. The summed E-state index contributed by atoms with van der Waals surface area (Å²) in [5.74, 6) is 1.99. The molecule has 1 aromatic rings. The average molecular weight is 340 g/mol. The Morgan fingerprint density at radius 3 is 3.00 bits per heavy atom. The Kier molecular flexibility index (Phi) is 5.86. The van der Waals surface area contributed by atoms with Gasteiger partial charge in [-0.3, -0.25) is 19.8 Å². The number of hydrogen-bond acceptors (Lipinski definition) is 5. The molecule has 1 fully saturated rings. The smallest absolute Gasteiger partial charge is 0.306 e. The van der Waals surface area contributed by atoms with Crippen molar-refractivity contribution in [2.24, 2.45) is 4.99 Å². The monoisotopic (exact) mass is 340 g/mol. The molecule has 0 radical (unpaired) electrons. The third-order valence-corrected chi connectivity index (χ3v) is 4.78. The topological polar surface area (TPSA) is 88.6 Å². The fraction of sp³-hybridized carbons (Fsp3) is 0.714. The van der Waals surface area contributed by atoms with Gasteiger partial charge in [-0.25, -0.2) is 0 Å². The van der Waals surface area contributed by atoms with Crippen LogP contribution in [0.15, 0.2) is 17.4 Å². The van der Waals surface area contributed by atoms with Crippen LogP contribution in [0.3, 0.4) is 0 Å². The first-order chi connectivity index (χ1) is 10.9. The van der Waals surface area contributed by atoms with Crippen molar-refractivity contribution in [2.75, 3.05) is 31.9 Å². The van der Waals surface area contributed by atoms with E-state index in [1.54, 1.807) is 4.68 Å². The summed E-state index contributed by atoms with van der Waals surface area (Å²) in [6.45, 7) is 10.3. The van der Waals surface area contributed by atoms with Crippen molar-refractivity contribution in [3.8, 4) is 0 Å². The lowest BCUT2D eigenvalue weighted by atomic mass is 10.2. The molecule has 2 heterocycles. The summed E-state index contributed by atoms with van der Waals surface area (Å²) >= 11 is 1.98.